The minimum atomic E-state index is -0.299. The summed E-state index contributed by atoms with van der Waals surface area (Å²) in [5.74, 6) is 2.11. The van der Waals surface area contributed by atoms with Crippen LogP contribution in [0.5, 0.6) is 0 Å². The first-order chi connectivity index (χ1) is 20.2. The van der Waals surface area contributed by atoms with Gasteiger partial charge in [-0.05, 0) is 23.3 Å². The highest BCUT2D eigenvalue weighted by atomic mass is 16.2. The molecular formula is C32H34N8O. The molecule has 0 saturated carbocycles. The predicted molar refractivity (Wildman–Crippen MR) is 162 cm³/mol. The topological polar surface area (TPSA) is 88.7 Å². The van der Waals surface area contributed by atoms with E-state index in [-0.39, 0.29) is 17.9 Å². The average Bonchev–Trinajstić information content (AvgIpc) is 3.47. The Labute approximate surface area is 240 Å². The third-order valence-electron chi connectivity index (χ3n) is 8.24. The lowest BCUT2D eigenvalue weighted by molar-refractivity contribution is -0.125. The van der Waals surface area contributed by atoms with Crippen LogP contribution in [0.1, 0.15) is 22.7 Å². The van der Waals surface area contributed by atoms with Crippen LogP contribution in [0.3, 0.4) is 0 Å². The Bertz CT molecular complexity index is 1490. The van der Waals surface area contributed by atoms with Gasteiger partial charge in [0.15, 0.2) is 5.82 Å². The van der Waals surface area contributed by atoms with E-state index in [2.05, 4.69) is 85.5 Å². The maximum absolute atomic E-state index is 13.6. The van der Waals surface area contributed by atoms with Gasteiger partial charge >= 0.3 is 0 Å². The van der Waals surface area contributed by atoms with E-state index in [1.807, 2.05) is 36.4 Å². The molecule has 0 spiro atoms. The quantitative estimate of drug-likeness (QED) is 0.323. The minimum Gasteiger partial charge on any atom is -0.368 e. The number of benzene rings is 3. The molecule has 2 atom stereocenters. The van der Waals surface area contributed by atoms with Crippen LogP contribution in [-0.4, -0.2) is 48.6 Å². The molecule has 3 aliphatic rings. The normalized spacial score (nSPS) is 19.5. The predicted octanol–water partition coefficient (Wildman–Crippen LogP) is 3.73. The number of aromatic nitrogens is 2. The number of nitrogens with one attached hydrogen (secondary N) is 3. The van der Waals surface area contributed by atoms with Crippen molar-refractivity contribution < 1.29 is 4.79 Å². The smallest absolute Gasteiger partial charge is 0.229 e. The summed E-state index contributed by atoms with van der Waals surface area (Å²) in [6.45, 7) is 5.22. The first-order valence-corrected chi connectivity index (χ1v) is 14.3. The first-order valence-electron chi connectivity index (χ1n) is 14.3. The highest BCUT2D eigenvalue weighted by Gasteiger charge is 2.44. The van der Waals surface area contributed by atoms with Crippen LogP contribution >= 0.6 is 0 Å². The van der Waals surface area contributed by atoms with Crippen LogP contribution in [0.15, 0.2) is 91.0 Å². The number of amides is 1. The largest absolute Gasteiger partial charge is 0.368 e. The lowest BCUT2D eigenvalue weighted by Crippen LogP contribution is -2.48. The number of hydrogen-bond donors (Lipinski definition) is 3. The van der Waals surface area contributed by atoms with Crippen molar-refractivity contribution in [3.63, 3.8) is 0 Å². The Kier molecular flexibility index (Phi) is 6.86. The number of rotatable bonds is 7. The average molecular weight is 547 g/mol. The van der Waals surface area contributed by atoms with Gasteiger partial charge in [-0.2, -0.15) is 9.97 Å². The zero-order valence-corrected chi connectivity index (χ0v) is 22.9. The number of hydrazine groups is 1. The van der Waals surface area contributed by atoms with Gasteiger partial charge in [0, 0.05) is 51.5 Å². The Balaban J connectivity index is 1.15. The van der Waals surface area contributed by atoms with Gasteiger partial charge in [-0.3, -0.25) is 4.79 Å². The summed E-state index contributed by atoms with van der Waals surface area (Å²) < 4.78 is 0. The highest BCUT2D eigenvalue weighted by Crippen LogP contribution is 2.44. The van der Waals surface area contributed by atoms with Gasteiger partial charge in [-0.25, -0.2) is 5.43 Å². The van der Waals surface area contributed by atoms with Gasteiger partial charge < -0.3 is 25.4 Å². The van der Waals surface area contributed by atoms with Crippen molar-refractivity contribution in [2.24, 2.45) is 5.92 Å². The standard InChI is InChI=1S/C32H34N8O/c41-31(33-20-23-10-4-1-5-11-23)26-22-40(21-24-12-6-2-7-13-24)30-27-28(26)36-37-29(27)34-32(35-30)39-18-16-38(17-19-39)25-14-8-3-9-15-25/h1-15,26,28,36H,16-22H2,(H,33,41)(H,34,35,37). The molecule has 1 amide bonds. The van der Waals surface area contributed by atoms with Crippen LogP contribution in [0.4, 0.5) is 23.3 Å². The number of anilines is 4. The molecule has 2 unspecified atom stereocenters. The summed E-state index contributed by atoms with van der Waals surface area (Å²) in [5.41, 5.74) is 11.1. The summed E-state index contributed by atoms with van der Waals surface area (Å²) in [4.78, 5) is 30.6. The number of para-hydroxylation sites is 1. The lowest BCUT2D eigenvalue weighted by Gasteiger charge is -2.39. The second-order valence-electron chi connectivity index (χ2n) is 10.8. The van der Waals surface area contributed by atoms with Crippen LogP contribution in [0, 0.1) is 5.92 Å². The van der Waals surface area contributed by atoms with E-state index >= 15 is 0 Å². The van der Waals surface area contributed by atoms with E-state index in [9.17, 15) is 4.79 Å². The summed E-state index contributed by atoms with van der Waals surface area (Å²) in [7, 11) is 0. The first kappa shape index (κ1) is 25.3. The Morgan fingerprint density at radius 2 is 1.44 bits per heavy atom. The van der Waals surface area contributed by atoms with Gasteiger partial charge in [0.05, 0.1) is 17.5 Å². The molecule has 3 aromatic carbocycles. The molecule has 7 rings (SSSR count). The molecule has 0 radical (unpaired) electrons. The van der Waals surface area contributed by atoms with Gasteiger partial charge in [-0.1, -0.05) is 78.9 Å². The maximum atomic E-state index is 13.6. The third-order valence-corrected chi connectivity index (χ3v) is 8.24. The summed E-state index contributed by atoms with van der Waals surface area (Å²) in [6, 6.07) is 30.7. The number of piperazine rings is 1. The van der Waals surface area contributed by atoms with E-state index in [4.69, 9.17) is 9.97 Å². The van der Waals surface area contributed by atoms with Crippen molar-refractivity contribution in [1.82, 2.24) is 20.7 Å². The molecule has 0 aliphatic carbocycles. The Morgan fingerprint density at radius 1 is 0.805 bits per heavy atom. The van der Waals surface area contributed by atoms with Crippen LogP contribution < -0.4 is 30.9 Å². The van der Waals surface area contributed by atoms with Crippen molar-refractivity contribution in [2.75, 3.05) is 52.8 Å². The Hall–Kier alpha value is -4.63. The second kappa shape index (κ2) is 11.1. The Morgan fingerprint density at radius 3 is 2.15 bits per heavy atom. The number of hydrogen-bond acceptors (Lipinski definition) is 8. The van der Waals surface area contributed by atoms with Gasteiger partial charge in [0.1, 0.15) is 5.82 Å². The van der Waals surface area contributed by atoms with Crippen LogP contribution in [-0.2, 0) is 17.9 Å². The fourth-order valence-corrected chi connectivity index (χ4v) is 6.06. The van der Waals surface area contributed by atoms with Crippen LogP contribution in [0.25, 0.3) is 0 Å². The molecule has 1 fully saturated rings. The fourth-order valence-electron chi connectivity index (χ4n) is 6.06. The SMILES string of the molecule is O=C(NCc1ccccc1)C1CN(Cc2ccccc2)c2nc(N3CCN(c4ccccc4)CC3)nc3c2C1NN3. The van der Waals surface area contributed by atoms with E-state index in [1.165, 1.54) is 11.3 Å². The molecule has 9 heteroatoms. The van der Waals surface area contributed by atoms with Crippen molar-refractivity contribution in [3.8, 4) is 0 Å². The monoisotopic (exact) mass is 546 g/mol. The van der Waals surface area contributed by atoms with E-state index in [0.29, 0.717) is 19.6 Å². The zero-order chi connectivity index (χ0) is 27.6. The van der Waals surface area contributed by atoms with E-state index < -0.39 is 0 Å². The molecule has 1 saturated heterocycles. The molecule has 3 aliphatic heterocycles. The second-order valence-corrected chi connectivity index (χ2v) is 10.8. The van der Waals surface area contributed by atoms with Gasteiger partial charge in [0.25, 0.3) is 0 Å². The van der Waals surface area contributed by atoms with Crippen molar-refractivity contribution >= 4 is 29.2 Å². The fraction of sp³-hybridized carbons (Fsp3) is 0.281. The molecule has 41 heavy (non-hydrogen) atoms. The molecule has 9 nitrogen and oxygen atoms in total. The number of carbonyl (C=O) groups is 1. The number of carbonyl (C=O) groups excluding carboxylic acids is 1. The minimum absolute atomic E-state index is 0.0193. The highest BCUT2D eigenvalue weighted by molar-refractivity contribution is 5.83. The van der Waals surface area contributed by atoms with Gasteiger partial charge in [-0.15, -0.1) is 0 Å². The summed E-state index contributed by atoms with van der Waals surface area (Å²) in [6.07, 6.45) is 0. The lowest BCUT2D eigenvalue weighted by atomic mass is 9.89. The zero-order valence-electron chi connectivity index (χ0n) is 22.9. The summed E-state index contributed by atoms with van der Waals surface area (Å²) >= 11 is 0. The van der Waals surface area contributed by atoms with Crippen molar-refractivity contribution in [3.05, 3.63) is 108 Å². The molecule has 208 valence electrons. The molecule has 4 aromatic rings. The van der Waals surface area contributed by atoms with Crippen molar-refractivity contribution in [2.45, 2.75) is 19.1 Å². The van der Waals surface area contributed by atoms with Crippen LogP contribution in [0.2, 0.25) is 0 Å². The molecular weight excluding hydrogens is 512 g/mol. The van der Waals surface area contributed by atoms with E-state index in [0.717, 1.165) is 54.9 Å². The van der Waals surface area contributed by atoms with E-state index in [1.54, 1.807) is 0 Å². The molecule has 3 N–H and O–H groups in total. The molecule has 4 heterocycles. The molecule has 1 aromatic heterocycles. The third kappa shape index (κ3) is 5.16. The molecule has 0 bridgehead atoms. The van der Waals surface area contributed by atoms with Crippen molar-refractivity contribution in [1.29, 1.82) is 0 Å². The summed E-state index contributed by atoms with van der Waals surface area (Å²) in [5, 5.41) is 3.16. The van der Waals surface area contributed by atoms with Gasteiger partial charge in [0.2, 0.25) is 11.9 Å². The maximum Gasteiger partial charge on any atom is 0.229 e. The number of nitrogens with zero attached hydrogens (tertiary/aromatic N) is 5.